The fourth-order valence-electron chi connectivity index (χ4n) is 12.2. The highest BCUT2D eigenvalue weighted by molar-refractivity contribution is 7.47. The molecule has 17 nitrogen and oxygen atoms in total. The van der Waals surface area contributed by atoms with Gasteiger partial charge in [0.25, 0.3) is 0 Å². The fraction of sp³-hybridized carbons (Fsp3) is 0.950. The number of ether oxygens (including phenoxy) is 4. The van der Waals surface area contributed by atoms with E-state index in [1.165, 1.54) is 205 Å². The van der Waals surface area contributed by atoms with Gasteiger partial charge in [0, 0.05) is 25.7 Å². The van der Waals surface area contributed by atoms with Gasteiger partial charge < -0.3 is 33.8 Å². The molecule has 0 aromatic heterocycles. The molecule has 0 aliphatic heterocycles. The van der Waals surface area contributed by atoms with Gasteiger partial charge in [-0.15, -0.1) is 0 Å². The smallest absolute Gasteiger partial charge is 0.462 e. The van der Waals surface area contributed by atoms with Gasteiger partial charge in [0.05, 0.1) is 26.4 Å². The largest absolute Gasteiger partial charge is 0.472 e. The van der Waals surface area contributed by atoms with Crippen molar-refractivity contribution in [2.24, 2.45) is 23.7 Å². The highest BCUT2D eigenvalue weighted by atomic mass is 31.2. The van der Waals surface area contributed by atoms with Gasteiger partial charge in [-0.25, -0.2) is 9.13 Å². The van der Waals surface area contributed by atoms with E-state index >= 15 is 0 Å². The minimum absolute atomic E-state index is 0.105. The van der Waals surface area contributed by atoms with Crippen LogP contribution in [-0.4, -0.2) is 96.7 Å². The van der Waals surface area contributed by atoms with Gasteiger partial charge in [0.1, 0.15) is 19.3 Å². The van der Waals surface area contributed by atoms with Crippen molar-refractivity contribution in [3.63, 3.8) is 0 Å². The molecule has 3 N–H and O–H groups in total. The number of carbonyl (C=O) groups excluding carboxylic acids is 4. The number of aliphatic hydroxyl groups excluding tert-OH is 1. The van der Waals surface area contributed by atoms with Crippen LogP contribution in [0.25, 0.3) is 0 Å². The van der Waals surface area contributed by atoms with Gasteiger partial charge in [0.15, 0.2) is 12.2 Å². The monoisotopic (exact) mass is 1450 g/mol. The number of hydrogen-bond acceptors (Lipinski definition) is 15. The van der Waals surface area contributed by atoms with Crippen LogP contribution in [-0.2, 0) is 65.4 Å². The van der Waals surface area contributed by atoms with Crippen molar-refractivity contribution in [2.75, 3.05) is 39.6 Å². The Morgan fingerprint density at radius 2 is 0.485 bits per heavy atom. The summed E-state index contributed by atoms with van der Waals surface area (Å²) < 4.78 is 68.7. The maximum atomic E-state index is 13.1. The molecule has 0 aliphatic rings. The Balaban J connectivity index is 5.26. The lowest BCUT2D eigenvalue weighted by molar-refractivity contribution is -0.161. The Morgan fingerprint density at radius 1 is 0.283 bits per heavy atom. The first-order valence-corrected chi connectivity index (χ1v) is 44.3. The Kier molecular flexibility index (Phi) is 67.8. The zero-order chi connectivity index (χ0) is 73.1. The Morgan fingerprint density at radius 3 is 0.717 bits per heavy atom. The molecule has 0 amide bonds. The number of hydrogen-bond donors (Lipinski definition) is 3. The minimum Gasteiger partial charge on any atom is -0.462 e. The molecule has 8 atom stereocenters. The number of esters is 4. The number of carbonyl (C=O) groups is 4. The predicted octanol–water partition coefficient (Wildman–Crippen LogP) is 23.6. The lowest BCUT2D eigenvalue weighted by atomic mass is 9.99. The molecule has 0 heterocycles. The molecular formula is C80H156O17P2. The summed E-state index contributed by atoms with van der Waals surface area (Å²) in [5.41, 5.74) is 0. The molecule has 19 heteroatoms. The zero-order valence-corrected chi connectivity index (χ0v) is 66.9. The molecule has 0 saturated heterocycles. The first kappa shape index (κ1) is 97.1. The third kappa shape index (κ3) is 70.2. The highest BCUT2D eigenvalue weighted by Crippen LogP contribution is 2.45. The van der Waals surface area contributed by atoms with Crippen molar-refractivity contribution in [1.82, 2.24) is 0 Å². The average molecular weight is 1450 g/mol. The molecule has 0 bridgehead atoms. The van der Waals surface area contributed by atoms with E-state index < -0.39 is 97.5 Å². The standard InChI is InChI=1S/C80H156O17P2/c1-9-71(6)57-49-41-33-27-21-17-13-15-19-23-30-36-46-54-62-79(84)96-75(66-90-77(82)60-52-44-35-29-22-18-14-12-16-20-26-32-40-48-56-70(4)5)68-94-98(86,87)92-64-74(81)65-93-99(88,89)95-69-76(67-91-78(83)61-53-45-39-38-43-51-59-73(8)11-3)97-80(85)63-55-47-37-31-25-24-28-34-42-50-58-72(7)10-2/h70-76,81H,9-69H2,1-8H3,(H,86,87)(H,88,89)/t71?,72?,73?,74-,75-,76-/m1/s1. The van der Waals surface area contributed by atoms with Crippen LogP contribution in [0.5, 0.6) is 0 Å². The quantitative estimate of drug-likeness (QED) is 0.0222. The topological polar surface area (TPSA) is 237 Å². The number of phosphoric acid groups is 2. The second-order valence-corrected chi connectivity index (χ2v) is 32.9. The van der Waals surface area contributed by atoms with E-state index in [0.29, 0.717) is 25.7 Å². The van der Waals surface area contributed by atoms with E-state index in [9.17, 15) is 43.2 Å². The molecule has 0 aliphatic carbocycles. The Hall–Kier alpha value is -1.94. The number of phosphoric ester groups is 2. The van der Waals surface area contributed by atoms with Crippen LogP contribution in [0.2, 0.25) is 0 Å². The molecule has 588 valence electrons. The second-order valence-electron chi connectivity index (χ2n) is 30.0. The van der Waals surface area contributed by atoms with E-state index in [4.69, 9.17) is 37.0 Å². The number of aliphatic hydroxyl groups is 1. The first-order valence-electron chi connectivity index (χ1n) is 41.3. The summed E-state index contributed by atoms with van der Waals surface area (Å²) in [5.74, 6) is 1.06. The minimum atomic E-state index is -4.96. The van der Waals surface area contributed by atoms with Crippen LogP contribution >= 0.6 is 15.6 Å². The first-order chi connectivity index (χ1) is 47.7. The van der Waals surface area contributed by atoms with Gasteiger partial charge in [-0.05, 0) is 49.4 Å². The van der Waals surface area contributed by atoms with Crippen molar-refractivity contribution in [2.45, 2.75) is 427 Å². The van der Waals surface area contributed by atoms with Crippen molar-refractivity contribution in [3.8, 4) is 0 Å². The van der Waals surface area contributed by atoms with Crippen molar-refractivity contribution in [3.05, 3.63) is 0 Å². The van der Waals surface area contributed by atoms with Gasteiger partial charge in [-0.3, -0.25) is 37.3 Å². The summed E-state index contributed by atoms with van der Waals surface area (Å²) >= 11 is 0. The summed E-state index contributed by atoms with van der Waals surface area (Å²) in [6.07, 6.45) is 55.3. The van der Waals surface area contributed by atoms with Gasteiger partial charge in [-0.2, -0.15) is 0 Å². The van der Waals surface area contributed by atoms with Crippen molar-refractivity contribution < 1.29 is 80.2 Å². The lowest BCUT2D eigenvalue weighted by Gasteiger charge is -2.21. The van der Waals surface area contributed by atoms with E-state index in [0.717, 1.165) is 120 Å². The van der Waals surface area contributed by atoms with E-state index in [1.807, 2.05) is 0 Å². The molecule has 0 fully saturated rings. The summed E-state index contributed by atoms with van der Waals surface area (Å²) in [6, 6.07) is 0. The Bertz CT molecular complexity index is 1940. The Labute approximate surface area is 607 Å². The third-order valence-electron chi connectivity index (χ3n) is 19.7. The maximum Gasteiger partial charge on any atom is 0.472 e. The number of unbranched alkanes of at least 4 members (excludes halogenated alkanes) is 40. The average Bonchev–Trinajstić information content (AvgIpc) is 1.68. The second kappa shape index (κ2) is 69.1. The van der Waals surface area contributed by atoms with E-state index in [-0.39, 0.29) is 25.7 Å². The molecule has 0 saturated carbocycles. The molecule has 5 unspecified atom stereocenters. The van der Waals surface area contributed by atoms with E-state index in [1.54, 1.807) is 0 Å². The summed E-state index contributed by atoms with van der Waals surface area (Å²) in [7, 11) is -9.92. The SMILES string of the molecule is CCC(C)CCCCCCCCCCCCCCCCC(=O)O[C@H](COC(=O)CCCCCCCCCCCCCCCCC(C)C)COP(=O)(O)OC[C@@H](O)COP(=O)(O)OC[C@@H](COC(=O)CCCCCCCCC(C)CC)OC(=O)CCCCCCCCCCCCC(C)CC. The highest BCUT2D eigenvalue weighted by Gasteiger charge is 2.30. The maximum absolute atomic E-state index is 13.1. The molecule has 99 heavy (non-hydrogen) atoms. The van der Waals surface area contributed by atoms with Crippen LogP contribution in [0.3, 0.4) is 0 Å². The van der Waals surface area contributed by atoms with Crippen LogP contribution < -0.4 is 0 Å². The normalized spacial score (nSPS) is 14.9. The van der Waals surface area contributed by atoms with Crippen molar-refractivity contribution >= 4 is 39.5 Å². The summed E-state index contributed by atoms with van der Waals surface area (Å²) in [5, 5.41) is 10.6. The fourth-order valence-corrected chi connectivity index (χ4v) is 13.7. The van der Waals surface area contributed by atoms with Gasteiger partial charge in [-0.1, -0.05) is 357 Å². The van der Waals surface area contributed by atoms with Gasteiger partial charge in [0.2, 0.25) is 0 Å². The summed E-state index contributed by atoms with van der Waals surface area (Å²) in [4.78, 5) is 73.0. The molecular weight excluding hydrogens is 1290 g/mol. The van der Waals surface area contributed by atoms with Crippen LogP contribution in [0.4, 0.5) is 0 Å². The third-order valence-corrected chi connectivity index (χ3v) is 21.6. The van der Waals surface area contributed by atoms with Crippen LogP contribution in [0, 0.1) is 23.7 Å². The van der Waals surface area contributed by atoms with Crippen LogP contribution in [0.1, 0.15) is 409 Å². The predicted molar refractivity (Wildman–Crippen MR) is 404 cm³/mol. The molecule has 0 aromatic rings. The number of rotatable bonds is 77. The van der Waals surface area contributed by atoms with E-state index in [2.05, 4.69) is 55.4 Å². The molecule has 0 spiro atoms. The van der Waals surface area contributed by atoms with Gasteiger partial charge >= 0.3 is 39.5 Å². The lowest BCUT2D eigenvalue weighted by Crippen LogP contribution is -2.30. The van der Waals surface area contributed by atoms with Crippen LogP contribution in [0.15, 0.2) is 0 Å². The molecule has 0 radical (unpaired) electrons. The molecule has 0 aromatic carbocycles. The van der Waals surface area contributed by atoms with Crippen molar-refractivity contribution in [1.29, 1.82) is 0 Å². The summed E-state index contributed by atoms with van der Waals surface area (Å²) in [6.45, 7) is 14.3. The zero-order valence-electron chi connectivity index (χ0n) is 65.1. The molecule has 0 rings (SSSR count).